The molecule has 0 aliphatic carbocycles. The van der Waals surface area contributed by atoms with Gasteiger partial charge in [-0.05, 0) is 18.6 Å². The van der Waals surface area contributed by atoms with Crippen LogP contribution in [0, 0.1) is 0 Å². The highest BCUT2D eigenvalue weighted by atomic mass is 32.2. The van der Waals surface area contributed by atoms with Gasteiger partial charge in [-0.1, -0.05) is 30.0 Å². The van der Waals surface area contributed by atoms with Crippen LogP contribution in [0.15, 0.2) is 47.9 Å². The van der Waals surface area contributed by atoms with E-state index in [0.717, 1.165) is 28.6 Å². The molecule has 0 amide bonds. The van der Waals surface area contributed by atoms with Gasteiger partial charge in [0.1, 0.15) is 5.75 Å². The third kappa shape index (κ3) is 4.54. The number of rotatable bonds is 7. The molecule has 0 saturated heterocycles. The van der Waals surface area contributed by atoms with E-state index in [1.54, 1.807) is 24.2 Å². The van der Waals surface area contributed by atoms with Gasteiger partial charge in [-0.25, -0.2) is 9.97 Å². The lowest BCUT2D eigenvalue weighted by Crippen LogP contribution is -2.04. The Kier molecular flexibility index (Phi) is 5.65. The van der Waals surface area contributed by atoms with Gasteiger partial charge in [-0.2, -0.15) is 0 Å². The molecule has 1 heterocycles. The number of hydrogen-bond donors (Lipinski definition) is 1. The van der Waals surface area contributed by atoms with Gasteiger partial charge in [0.25, 0.3) is 0 Å². The highest BCUT2D eigenvalue weighted by molar-refractivity contribution is 7.99. The fourth-order valence-electron chi connectivity index (χ4n) is 1.58. The topological polar surface area (TPSA) is 61.0 Å². The summed E-state index contributed by atoms with van der Waals surface area (Å²) in [6.45, 7) is 1.18. The third-order valence-corrected chi connectivity index (χ3v) is 3.47. The predicted molar refractivity (Wildman–Crippen MR) is 77.2 cm³/mol. The van der Waals surface area contributed by atoms with Gasteiger partial charge in [0.05, 0.1) is 6.61 Å². The summed E-state index contributed by atoms with van der Waals surface area (Å²) in [6.07, 6.45) is 4.45. The van der Waals surface area contributed by atoms with E-state index in [9.17, 15) is 0 Å². The first-order chi connectivity index (χ1) is 9.40. The minimum absolute atomic E-state index is 0.503. The van der Waals surface area contributed by atoms with E-state index in [1.165, 1.54) is 0 Å². The van der Waals surface area contributed by atoms with Crippen LogP contribution in [0.3, 0.4) is 0 Å². The zero-order valence-electron chi connectivity index (χ0n) is 10.7. The quantitative estimate of drug-likeness (QED) is 0.478. The molecule has 0 saturated carbocycles. The summed E-state index contributed by atoms with van der Waals surface area (Å²) in [7, 11) is 0. The van der Waals surface area contributed by atoms with Gasteiger partial charge >= 0.3 is 0 Å². The number of benzene rings is 1. The van der Waals surface area contributed by atoms with Crippen molar-refractivity contribution in [3.8, 4) is 5.75 Å². The van der Waals surface area contributed by atoms with Gasteiger partial charge < -0.3 is 10.5 Å². The molecule has 0 aliphatic rings. The van der Waals surface area contributed by atoms with Crippen molar-refractivity contribution in [1.82, 2.24) is 9.97 Å². The first-order valence-electron chi connectivity index (χ1n) is 6.21. The molecule has 5 heteroatoms. The summed E-state index contributed by atoms with van der Waals surface area (Å²) in [5, 5.41) is 0.810. The van der Waals surface area contributed by atoms with Crippen molar-refractivity contribution in [2.24, 2.45) is 5.73 Å². The molecular weight excluding hydrogens is 258 g/mol. The Morgan fingerprint density at radius 1 is 1.11 bits per heavy atom. The largest absolute Gasteiger partial charge is 0.493 e. The summed E-state index contributed by atoms with van der Waals surface area (Å²) in [4.78, 5) is 8.31. The number of thioether (sulfide) groups is 1. The van der Waals surface area contributed by atoms with Crippen LogP contribution in [-0.2, 0) is 6.54 Å². The molecule has 0 unspecified atom stereocenters. The number of ether oxygens (including phenoxy) is 1. The standard InChI is InChI=1S/C14H17N3OS/c15-11-12-5-1-2-6-13(12)18-9-4-10-19-14-16-7-3-8-17-14/h1-3,5-8H,4,9-11,15H2. The Hall–Kier alpha value is -1.59. The number of nitrogens with zero attached hydrogens (tertiary/aromatic N) is 2. The second-order valence-corrected chi connectivity index (χ2v) is 4.96. The smallest absolute Gasteiger partial charge is 0.187 e. The maximum atomic E-state index is 5.73. The van der Waals surface area contributed by atoms with Gasteiger partial charge in [0.2, 0.25) is 0 Å². The molecule has 2 N–H and O–H groups in total. The summed E-state index contributed by atoms with van der Waals surface area (Å²) in [5.74, 6) is 1.82. The number of nitrogens with two attached hydrogens (primary N) is 1. The second kappa shape index (κ2) is 7.76. The van der Waals surface area contributed by atoms with E-state index >= 15 is 0 Å². The van der Waals surface area contributed by atoms with Crippen LogP contribution in [-0.4, -0.2) is 22.3 Å². The minimum atomic E-state index is 0.503. The Labute approximate surface area is 117 Å². The van der Waals surface area contributed by atoms with Crippen molar-refractivity contribution in [2.45, 2.75) is 18.1 Å². The molecule has 19 heavy (non-hydrogen) atoms. The number of para-hydroxylation sites is 1. The first-order valence-corrected chi connectivity index (χ1v) is 7.19. The maximum Gasteiger partial charge on any atom is 0.187 e. The predicted octanol–water partition coefficient (Wildman–Crippen LogP) is 2.50. The second-order valence-electron chi connectivity index (χ2n) is 3.89. The van der Waals surface area contributed by atoms with E-state index in [4.69, 9.17) is 10.5 Å². The zero-order valence-corrected chi connectivity index (χ0v) is 11.5. The maximum absolute atomic E-state index is 5.73. The van der Waals surface area contributed by atoms with Gasteiger partial charge in [0.15, 0.2) is 5.16 Å². The fraction of sp³-hybridized carbons (Fsp3) is 0.286. The molecule has 0 bridgehead atoms. The van der Waals surface area contributed by atoms with E-state index in [1.807, 2.05) is 30.3 Å². The Morgan fingerprint density at radius 2 is 1.89 bits per heavy atom. The van der Waals surface area contributed by atoms with Crippen molar-refractivity contribution < 1.29 is 4.74 Å². The Morgan fingerprint density at radius 3 is 2.68 bits per heavy atom. The molecule has 0 fully saturated rings. The minimum Gasteiger partial charge on any atom is -0.493 e. The average molecular weight is 275 g/mol. The molecular formula is C14H17N3OS. The molecule has 0 atom stereocenters. The van der Waals surface area contributed by atoms with Gasteiger partial charge in [-0.3, -0.25) is 0 Å². The lowest BCUT2D eigenvalue weighted by molar-refractivity contribution is 0.315. The molecule has 100 valence electrons. The highest BCUT2D eigenvalue weighted by Gasteiger charge is 2.01. The summed E-state index contributed by atoms with van der Waals surface area (Å²) < 4.78 is 5.73. The van der Waals surface area contributed by atoms with E-state index in [-0.39, 0.29) is 0 Å². The highest BCUT2D eigenvalue weighted by Crippen LogP contribution is 2.18. The van der Waals surface area contributed by atoms with Crippen LogP contribution in [0.25, 0.3) is 0 Å². The third-order valence-electron chi connectivity index (χ3n) is 2.51. The molecule has 0 aliphatic heterocycles. The van der Waals surface area contributed by atoms with Crippen LogP contribution in [0.1, 0.15) is 12.0 Å². The van der Waals surface area contributed by atoms with Crippen molar-refractivity contribution in [1.29, 1.82) is 0 Å². The lowest BCUT2D eigenvalue weighted by Gasteiger charge is -2.09. The molecule has 2 rings (SSSR count). The van der Waals surface area contributed by atoms with E-state index in [2.05, 4.69) is 9.97 Å². The molecule has 1 aromatic carbocycles. The van der Waals surface area contributed by atoms with Crippen molar-refractivity contribution in [3.63, 3.8) is 0 Å². The first kappa shape index (κ1) is 13.8. The molecule has 2 aromatic rings. The lowest BCUT2D eigenvalue weighted by atomic mass is 10.2. The van der Waals surface area contributed by atoms with Crippen LogP contribution in [0.2, 0.25) is 0 Å². The summed E-state index contributed by atoms with van der Waals surface area (Å²) in [6, 6.07) is 9.69. The van der Waals surface area contributed by atoms with Crippen molar-refractivity contribution in [3.05, 3.63) is 48.3 Å². The summed E-state index contributed by atoms with van der Waals surface area (Å²) in [5.41, 5.74) is 6.70. The Bertz CT molecular complexity index is 493. The number of hydrogen-bond acceptors (Lipinski definition) is 5. The molecule has 0 spiro atoms. The average Bonchev–Trinajstić information content (AvgIpc) is 2.48. The van der Waals surface area contributed by atoms with Crippen LogP contribution < -0.4 is 10.5 Å². The normalized spacial score (nSPS) is 10.4. The molecule has 4 nitrogen and oxygen atoms in total. The van der Waals surface area contributed by atoms with E-state index < -0.39 is 0 Å². The number of aromatic nitrogens is 2. The zero-order chi connectivity index (χ0) is 13.3. The molecule has 1 aromatic heterocycles. The van der Waals surface area contributed by atoms with Crippen LogP contribution >= 0.6 is 11.8 Å². The summed E-state index contributed by atoms with van der Waals surface area (Å²) >= 11 is 1.64. The van der Waals surface area contributed by atoms with Gasteiger partial charge in [-0.15, -0.1) is 0 Å². The van der Waals surface area contributed by atoms with Gasteiger partial charge in [0, 0.05) is 30.3 Å². The monoisotopic (exact) mass is 275 g/mol. The molecule has 0 radical (unpaired) electrons. The van der Waals surface area contributed by atoms with E-state index in [0.29, 0.717) is 13.2 Å². The Balaban J connectivity index is 1.69. The van der Waals surface area contributed by atoms with Crippen molar-refractivity contribution in [2.75, 3.05) is 12.4 Å². The van der Waals surface area contributed by atoms with Crippen molar-refractivity contribution >= 4 is 11.8 Å². The fourth-order valence-corrected chi connectivity index (χ4v) is 2.29. The van der Waals surface area contributed by atoms with Crippen LogP contribution in [0.4, 0.5) is 0 Å². The van der Waals surface area contributed by atoms with Crippen LogP contribution in [0.5, 0.6) is 5.75 Å². The SMILES string of the molecule is NCc1ccccc1OCCCSc1ncccn1.